The van der Waals surface area contributed by atoms with Crippen molar-refractivity contribution in [3.05, 3.63) is 80.6 Å². The molecule has 1 atom stereocenters. The second-order valence-corrected chi connectivity index (χ2v) is 8.68. The summed E-state index contributed by atoms with van der Waals surface area (Å²) in [5.41, 5.74) is 2.01. The Labute approximate surface area is 177 Å². The zero-order valence-electron chi connectivity index (χ0n) is 15.8. The molecule has 2 aromatic carbocycles. The van der Waals surface area contributed by atoms with Crippen LogP contribution in [0.3, 0.4) is 0 Å². The van der Waals surface area contributed by atoms with Gasteiger partial charge in [-0.2, -0.15) is 0 Å². The van der Waals surface area contributed by atoms with E-state index in [-0.39, 0.29) is 5.78 Å². The van der Waals surface area contributed by atoms with Crippen molar-refractivity contribution in [3.8, 4) is 5.75 Å². The van der Waals surface area contributed by atoms with Crippen LogP contribution in [0.1, 0.15) is 34.0 Å². The molecule has 3 aromatic rings. The number of nitrogens with zero attached hydrogens (tertiary/aromatic N) is 2. The molecule has 1 N–H and O–H groups in total. The average molecular weight is 422 g/mol. The van der Waals surface area contributed by atoms with Gasteiger partial charge in [-0.25, -0.2) is 0 Å². The van der Waals surface area contributed by atoms with Crippen LogP contribution in [0, 0.1) is 5.41 Å². The van der Waals surface area contributed by atoms with Gasteiger partial charge in [-0.15, -0.1) is 21.5 Å². The minimum atomic E-state index is -0.613. The summed E-state index contributed by atoms with van der Waals surface area (Å²) < 4.78 is 5.80. The first kappa shape index (κ1) is 19.5. The molecule has 1 fully saturated rings. The highest BCUT2D eigenvalue weighted by atomic mass is 32.2. The summed E-state index contributed by atoms with van der Waals surface area (Å²) in [4.78, 5) is 13.4. The van der Waals surface area contributed by atoms with Gasteiger partial charge in [0, 0.05) is 0 Å². The maximum absolute atomic E-state index is 12.8. The van der Waals surface area contributed by atoms with E-state index < -0.39 is 5.92 Å². The molecular formula is C22H19N3O2S2. The third-order valence-electron chi connectivity index (χ3n) is 4.45. The fraction of sp³-hybridized carbons (Fsp3) is 0.182. The van der Waals surface area contributed by atoms with Gasteiger partial charge in [0.05, 0.1) is 9.95 Å². The second-order valence-electron chi connectivity index (χ2n) is 6.50. The van der Waals surface area contributed by atoms with E-state index >= 15 is 0 Å². The molecule has 1 aliphatic rings. The number of carbonyl (C=O) groups excluding carboxylic acids is 1. The predicted molar refractivity (Wildman–Crippen MR) is 118 cm³/mol. The van der Waals surface area contributed by atoms with Crippen molar-refractivity contribution in [2.75, 3.05) is 0 Å². The van der Waals surface area contributed by atoms with Gasteiger partial charge in [-0.05, 0) is 35.8 Å². The van der Waals surface area contributed by atoms with Gasteiger partial charge in [0.15, 0.2) is 5.78 Å². The number of rotatable bonds is 6. The Morgan fingerprint density at radius 2 is 1.86 bits per heavy atom. The van der Waals surface area contributed by atoms with Crippen molar-refractivity contribution in [3.63, 3.8) is 0 Å². The molecule has 29 heavy (non-hydrogen) atoms. The number of ketones is 1. The molecule has 7 heteroatoms. The molecule has 2 heterocycles. The van der Waals surface area contributed by atoms with Gasteiger partial charge in [-0.3, -0.25) is 10.2 Å². The maximum Gasteiger partial charge on any atom is 0.186 e. The highest BCUT2D eigenvalue weighted by Crippen LogP contribution is 2.41. The number of benzene rings is 2. The van der Waals surface area contributed by atoms with Crippen LogP contribution in [0.25, 0.3) is 6.08 Å². The summed E-state index contributed by atoms with van der Waals surface area (Å²) in [5.74, 6) is 0.0775. The number of ether oxygens (including phenoxy) is 1. The largest absolute Gasteiger partial charge is 0.489 e. The normalized spacial score (nSPS) is 17.8. The van der Waals surface area contributed by atoms with Crippen LogP contribution in [-0.2, 0) is 17.8 Å². The molecule has 146 valence electrons. The quantitative estimate of drug-likeness (QED) is 0.561. The molecule has 4 rings (SSSR count). The third kappa shape index (κ3) is 4.46. The third-order valence-corrected chi connectivity index (χ3v) is 6.57. The van der Waals surface area contributed by atoms with E-state index in [2.05, 4.69) is 10.2 Å². The first-order valence-corrected chi connectivity index (χ1v) is 10.9. The zero-order chi connectivity index (χ0) is 20.2. The SMILES string of the molecule is CCc1nnc([C@@H]2C(=N)S/C(=C\c3ccc(OCc4ccccc4)cc3)C2=O)s1. The molecule has 0 aliphatic carbocycles. The molecule has 0 spiro atoms. The fourth-order valence-corrected chi connectivity index (χ4v) is 4.85. The smallest absolute Gasteiger partial charge is 0.186 e. The number of Topliss-reactive ketones (excluding diaryl/α,β-unsaturated/α-hetero) is 1. The van der Waals surface area contributed by atoms with E-state index in [1.54, 1.807) is 0 Å². The highest BCUT2D eigenvalue weighted by molar-refractivity contribution is 8.19. The number of aromatic nitrogens is 2. The van der Waals surface area contributed by atoms with Crippen LogP contribution >= 0.6 is 23.1 Å². The number of allylic oxidation sites excluding steroid dienone is 1. The number of hydrogen-bond acceptors (Lipinski definition) is 7. The summed E-state index contributed by atoms with van der Waals surface area (Å²) in [5, 5.41) is 18.2. The lowest BCUT2D eigenvalue weighted by molar-refractivity contribution is -0.114. The molecule has 0 radical (unpaired) electrons. The van der Waals surface area contributed by atoms with Crippen LogP contribution in [-0.4, -0.2) is 21.0 Å². The van der Waals surface area contributed by atoms with Crippen molar-refractivity contribution in [2.24, 2.45) is 0 Å². The van der Waals surface area contributed by atoms with Crippen LogP contribution in [0.4, 0.5) is 0 Å². The maximum atomic E-state index is 12.8. The summed E-state index contributed by atoms with van der Waals surface area (Å²) in [6.45, 7) is 2.51. The molecule has 1 aliphatic heterocycles. The van der Waals surface area contributed by atoms with Crippen LogP contribution < -0.4 is 4.74 Å². The Morgan fingerprint density at radius 1 is 1.10 bits per heavy atom. The summed E-state index contributed by atoms with van der Waals surface area (Å²) in [6.07, 6.45) is 2.60. The van der Waals surface area contributed by atoms with Crippen LogP contribution in [0.5, 0.6) is 5.75 Å². The standard InChI is InChI=1S/C22H19N3O2S2/c1-2-18-24-25-22(29-18)19-20(26)17(28-21(19)23)12-14-8-10-16(11-9-14)27-13-15-6-4-3-5-7-15/h3-12,19,23H,2,13H2,1H3/b17-12-,23-21?/t19-/m0/s1. The summed E-state index contributed by atoms with van der Waals surface area (Å²) in [7, 11) is 0. The van der Waals surface area contributed by atoms with E-state index in [9.17, 15) is 4.79 Å². The number of nitrogens with one attached hydrogen (secondary N) is 1. The van der Waals surface area contributed by atoms with Gasteiger partial charge in [0.25, 0.3) is 0 Å². The minimum absolute atomic E-state index is 0.0804. The van der Waals surface area contributed by atoms with Gasteiger partial charge in [0.2, 0.25) is 0 Å². The average Bonchev–Trinajstić information content (AvgIpc) is 3.32. The lowest BCUT2D eigenvalue weighted by atomic mass is 10.1. The van der Waals surface area contributed by atoms with Crippen molar-refractivity contribution in [1.82, 2.24) is 10.2 Å². The molecule has 1 aromatic heterocycles. The Balaban J connectivity index is 1.45. The Bertz CT molecular complexity index is 1060. The Morgan fingerprint density at radius 3 is 2.55 bits per heavy atom. The number of thioether (sulfide) groups is 1. The number of hydrogen-bond donors (Lipinski definition) is 1. The molecule has 1 saturated heterocycles. The number of aryl methyl sites for hydroxylation is 1. The van der Waals surface area contributed by atoms with Crippen LogP contribution in [0.2, 0.25) is 0 Å². The lowest BCUT2D eigenvalue weighted by Crippen LogP contribution is -2.11. The first-order chi connectivity index (χ1) is 14.1. The minimum Gasteiger partial charge on any atom is -0.489 e. The van der Waals surface area contributed by atoms with E-state index in [1.165, 1.54) is 23.1 Å². The molecule has 0 bridgehead atoms. The van der Waals surface area contributed by atoms with Gasteiger partial charge in [0.1, 0.15) is 28.3 Å². The zero-order valence-corrected chi connectivity index (χ0v) is 17.4. The predicted octanol–water partition coefficient (Wildman–Crippen LogP) is 5.10. The Kier molecular flexibility index (Phi) is 5.87. The van der Waals surface area contributed by atoms with Gasteiger partial charge in [-0.1, -0.05) is 61.2 Å². The second kappa shape index (κ2) is 8.71. The highest BCUT2D eigenvalue weighted by Gasteiger charge is 2.39. The van der Waals surface area contributed by atoms with E-state index in [4.69, 9.17) is 10.1 Å². The summed E-state index contributed by atoms with van der Waals surface area (Å²) >= 11 is 2.61. The number of carbonyl (C=O) groups is 1. The van der Waals surface area contributed by atoms with Gasteiger partial charge >= 0.3 is 0 Å². The van der Waals surface area contributed by atoms with Gasteiger partial charge < -0.3 is 4.74 Å². The summed E-state index contributed by atoms with van der Waals surface area (Å²) in [6, 6.07) is 17.6. The fourth-order valence-electron chi connectivity index (χ4n) is 2.89. The van der Waals surface area contributed by atoms with E-state index in [0.717, 1.165) is 28.3 Å². The van der Waals surface area contributed by atoms with E-state index in [0.29, 0.717) is 21.6 Å². The first-order valence-electron chi connectivity index (χ1n) is 9.25. The monoisotopic (exact) mass is 421 g/mol. The molecular weight excluding hydrogens is 402 g/mol. The molecule has 0 unspecified atom stereocenters. The lowest BCUT2D eigenvalue weighted by Gasteiger charge is -2.06. The molecule has 5 nitrogen and oxygen atoms in total. The van der Waals surface area contributed by atoms with Crippen molar-refractivity contribution >= 4 is 40.0 Å². The van der Waals surface area contributed by atoms with Crippen molar-refractivity contribution in [2.45, 2.75) is 25.9 Å². The molecule has 0 saturated carbocycles. The van der Waals surface area contributed by atoms with Crippen molar-refractivity contribution < 1.29 is 9.53 Å². The van der Waals surface area contributed by atoms with Crippen molar-refractivity contribution in [1.29, 1.82) is 5.41 Å². The topological polar surface area (TPSA) is 75.9 Å². The Hall–Kier alpha value is -2.77. The molecule has 0 amide bonds. The van der Waals surface area contributed by atoms with E-state index in [1.807, 2.05) is 67.6 Å². The van der Waals surface area contributed by atoms with Crippen LogP contribution in [0.15, 0.2) is 59.5 Å².